The van der Waals surface area contributed by atoms with Crippen LogP contribution in [0.1, 0.15) is 18.2 Å². The number of aryl methyl sites for hydroxylation is 2. The molecule has 0 saturated carbocycles. The lowest BCUT2D eigenvalue weighted by molar-refractivity contribution is -0.115. The van der Waals surface area contributed by atoms with E-state index in [0.717, 1.165) is 34.3 Å². The van der Waals surface area contributed by atoms with E-state index in [1.807, 2.05) is 50.6 Å². The number of rotatable bonds is 4. The molecule has 0 aliphatic rings. The highest BCUT2D eigenvalue weighted by Crippen LogP contribution is 2.19. The number of para-hydroxylation sites is 1. The number of nitrogens with one attached hydrogen (secondary N) is 2. The van der Waals surface area contributed by atoms with Crippen molar-refractivity contribution in [3.05, 3.63) is 47.9 Å². The number of hydrogen-bond donors (Lipinski definition) is 2. The number of fused-ring (bicyclic) bond motifs is 1. The Bertz CT molecular complexity index is 785. The van der Waals surface area contributed by atoms with Gasteiger partial charge in [0, 0.05) is 30.3 Å². The van der Waals surface area contributed by atoms with Crippen LogP contribution in [0, 0.1) is 0 Å². The van der Waals surface area contributed by atoms with Crippen LogP contribution < -0.4 is 5.32 Å². The van der Waals surface area contributed by atoms with Gasteiger partial charge in [0.2, 0.25) is 5.91 Å². The molecule has 0 aliphatic heterocycles. The Hall–Kier alpha value is -2.56. The molecule has 1 aromatic carbocycles. The van der Waals surface area contributed by atoms with E-state index in [0.29, 0.717) is 6.42 Å². The Balaban J connectivity index is 1.77. The van der Waals surface area contributed by atoms with Crippen molar-refractivity contribution >= 4 is 22.5 Å². The molecule has 21 heavy (non-hydrogen) atoms. The zero-order valence-corrected chi connectivity index (χ0v) is 12.2. The van der Waals surface area contributed by atoms with Gasteiger partial charge in [0.25, 0.3) is 0 Å². The van der Waals surface area contributed by atoms with Crippen molar-refractivity contribution < 1.29 is 4.79 Å². The second-order valence-electron chi connectivity index (χ2n) is 5.10. The lowest BCUT2D eigenvalue weighted by atomic mass is 10.1. The van der Waals surface area contributed by atoms with Crippen molar-refractivity contribution in [3.8, 4) is 0 Å². The van der Waals surface area contributed by atoms with Gasteiger partial charge < -0.3 is 10.3 Å². The SMILES string of the molecule is CCc1nn(C)cc1NC(=O)Cc1c[nH]c2ccccc12. The van der Waals surface area contributed by atoms with Gasteiger partial charge in [-0.3, -0.25) is 9.48 Å². The Morgan fingerprint density at radius 1 is 1.38 bits per heavy atom. The number of carbonyl (C=O) groups excluding carboxylic acids is 1. The van der Waals surface area contributed by atoms with Crippen molar-refractivity contribution in [3.63, 3.8) is 0 Å². The molecule has 5 nitrogen and oxygen atoms in total. The maximum Gasteiger partial charge on any atom is 0.228 e. The molecule has 0 atom stereocenters. The number of hydrogen-bond acceptors (Lipinski definition) is 2. The number of carbonyl (C=O) groups is 1. The van der Waals surface area contributed by atoms with Gasteiger partial charge in [0.05, 0.1) is 17.8 Å². The molecule has 0 unspecified atom stereocenters. The number of amides is 1. The third-order valence-corrected chi connectivity index (χ3v) is 3.54. The molecule has 0 aliphatic carbocycles. The first kappa shape index (κ1) is 13.4. The average molecular weight is 282 g/mol. The molecule has 5 heteroatoms. The van der Waals surface area contributed by atoms with Gasteiger partial charge in [-0.25, -0.2) is 0 Å². The van der Waals surface area contributed by atoms with Crippen LogP contribution in [0.2, 0.25) is 0 Å². The summed E-state index contributed by atoms with van der Waals surface area (Å²) < 4.78 is 1.72. The number of H-pyrrole nitrogens is 1. The Kier molecular flexibility index (Phi) is 3.48. The highest BCUT2D eigenvalue weighted by molar-refractivity contribution is 5.96. The summed E-state index contributed by atoms with van der Waals surface area (Å²) in [6.45, 7) is 2.03. The van der Waals surface area contributed by atoms with Crippen molar-refractivity contribution in [2.45, 2.75) is 19.8 Å². The van der Waals surface area contributed by atoms with E-state index in [1.165, 1.54) is 0 Å². The normalized spacial score (nSPS) is 11.0. The highest BCUT2D eigenvalue weighted by Gasteiger charge is 2.12. The van der Waals surface area contributed by atoms with Crippen molar-refractivity contribution in [1.82, 2.24) is 14.8 Å². The van der Waals surface area contributed by atoms with Gasteiger partial charge in [-0.15, -0.1) is 0 Å². The van der Waals surface area contributed by atoms with Crippen LogP contribution in [-0.4, -0.2) is 20.7 Å². The van der Waals surface area contributed by atoms with Crippen molar-refractivity contribution in [1.29, 1.82) is 0 Å². The topological polar surface area (TPSA) is 62.7 Å². The van der Waals surface area contributed by atoms with E-state index < -0.39 is 0 Å². The first-order valence-electron chi connectivity index (χ1n) is 7.04. The summed E-state index contributed by atoms with van der Waals surface area (Å²) in [7, 11) is 1.86. The van der Waals surface area contributed by atoms with Crippen LogP contribution in [0.5, 0.6) is 0 Å². The van der Waals surface area contributed by atoms with E-state index in [-0.39, 0.29) is 5.91 Å². The minimum atomic E-state index is -0.0255. The number of aromatic amines is 1. The highest BCUT2D eigenvalue weighted by atomic mass is 16.1. The monoisotopic (exact) mass is 282 g/mol. The fourth-order valence-electron chi connectivity index (χ4n) is 2.55. The maximum atomic E-state index is 12.2. The number of benzene rings is 1. The summed E-state index contributed by atoms with van der Waals surface area (Å²) in [5, 5.41) is 8.37. The van der Waals surface area contributed by atoms with E-state index in [4.69, 9.17) is 0 Å². The molecular weight excluding hydrogens is 264 g/mol. The maximum absolute atomic E-state index is 12.2. The zero-order chi connectivity index (χ0) is 14.8. The number of anilines is 1. The zero-order valence-electron chi connectivity index (χ0n) is 12.2. The van der Waals surface area contributed by atoms with E-state index in [9.17, 15) is 4.79 Å². The molecule has 0 radical (unpaired) electrons. The van der Waals surface area contributed by atoms with E-state index in [1.54, 1.807) is 4.68 Å². The Morgan fingerprint density at radius 2 is 2.19 bits per heavy atom. The predicted octanol–water partition coefficient (Wildman–Crippen LogP) is 2.65. The number of nitrogens with zero attached hydrogens (tertiary/aromatic N) is 2. The van der Waals surface area contributed by atoms with Crippen LogP contribution in [-0.2, 0) is 24.7 Å². The van der Waals surface area contributed by atoms with Crippen LogP contribution >= 0.6 is 0 Å². The minimum Gasteiger partial charge on any atom is -0.361 e. The van der Waals surface area contributed by atoms with Gasteiger partial charge in [-0.05, 0) is 18.1 Å². The molecule has 0 fully saturated rings. The first-order chi connectivity index (χ1) is 10.2. The largest absolute Gasteiger partial charge is 0.361 e. The fourth-order valence-corrected chi connectivity index (χ4v) is 2.55. The summed E-state index contributed by atoms with van der Waals surface area (Å²) in [4.78, 5) is 15.4. The van der Waals surface area contributed by atoms with Crippen LogP contribution in [0.15, 0.2) is 36.7 Å². The molecule has 0 bridgehead atoms. The fraction of sp³-hybridized carbons (Fsp3) is 0.250. The molecule has 3 rings (SSSR count). The third-order valence-electron chi connectivity index (χ3n) is 3.54. The second kappa shape index (κ2) is 5.44. The van der Waals surface area contributed by atoms with Crippen molar-refractivity contribution in [2.24, 2.45) is 7.05 Å². The smallest absolute Gasteiger partial charge is 0.228 e. The molecule has 1 amide bonds. The molecule has 108 valence electrons. The third kappa shape index (κ3) is 2.67. The lowest BCUT2D eigenvalue weighted by Gasteiger charge is -2.03. The van der Waals surface area contributed by atoms with E-state index in [2.05, 4.69) is 15.4 Å². The van der Waals surface area contributed by atoms with Crippen LogP contribution in [0.3, 0.4) is 0 Å². The molecule has 2 heterocycles. The van der Waals surface area contributed by atoms with Crippen LogP contribution in [0.25, 0.3) is 10.9 Å². The van der Waals surface area contributed by atoms with Gasteiger partial charge in [0.15, 0.2) is 0 Å². The lowest BCUT2D eigenvalue weighted by Crippen LogP contribution is -2.14. The second-order valence-corrected chi connectivity index (χ2v) is 5.10. The van der Waals surface area contributed by atoms with Gasteiger partial charge >= 0.3 is 0 Å². The van der Waals surface area contributed by atoms with E-state index >= 15 is 0 Å². The summed E-state index contributed by atoms with van der Waals surface area (Å²) in [5.41, 5.74) is 3.76. The van der Waals surface area contributed by atoms with Crippen LogP contribution in [0.4, 0.5) is 5.69 Å². The first-order valence-corrected chi connectivity index (χ1v) is 7.04. The van der Waals surface area contributed by atoms with Gasteiger partial charge in [0.1, 0.15) is 0 Å². The number of aromatic nitrogens is 3. The summed E-state index contributed by atoms with van der Waals surface area (Å²) >= 11 is 0. The molecule has 3 aromatic rings. The molecule has 2 aromatic heterocycles. The predicted molar refractivity (Wildman–Crippen MR) is 83.2 cm³/mol. The Labute approximate surface area is 123 Å². The standard InChI is InChI=1S/C16H18N4O/c1-3-13-15(10-20(2)19-13)18-16(21)8-11-9-17-14-7-5-4-6-12(11)14/h4-7,9-10,17H,3,8H2,1-2H3,(H,18,21). The molecular formula is C16H18N4O. The average Bonchev–Trinajstić information content (AvgIpc) is 3.03. The molecule has 2 N–H and O–H groups in total. The van der Waals surface area contributed by atoms with Gasteiger partial charge in [-0.1, -0.05) is 25.1 Å². The summed E-state index contributed by atoms with van der Waals surface area (Å²) in [6.07, 6.45) is 4.88. The Morgan fingerprint density at radius 3 is 3.00 bits per heavy atom. The minimum absolute atomic E-state index is 0.0255. The molecule has 0 saturated heterocycles. The molecule has 0 spiro atoms. The van der Waals surface area contributed by atoms with Gasteiger partial charge in [-0.2, -0.15) is 5.10 Å². The summed E-state index contributed by atoms with van der Waals surface area (Å²) in [6, 6.07) is 7.99. The van der Waals surface area contributed by atoms with Crippen molar-refractivity contribution in [2.75, 3.05) is 5.32 Å². The quantitative estimate of drug-likeness (QED) is 0.772. The summed E-state index contributed by atoms with van der Waals surface area (Å²) in [5.74, 6) is -0.0255.